The number of rotatable bonds is 5. The number of piperidine rings is 1. The van der Waals surface area contributed by atoms with E-state index in [1.165, 1.54) is 44.6 Å². The third-order valence-corrected chi connectivity index (χ3v) is 3.48. The molecule has 0 saturated carbocycles. The van der Waals surface area contributed by atoms with E-state index >= 15 is 0 Å². The summed E-state index contributed by atoms with van der Waals surface area (Å²) in [7, 11) is 2.21. The molecule has 0 atom stereocenters. The highest BCUT2D eigenvalue weighted by molar-refractivity contribution is 5.02. The van der Waals surface area contributed by atoms with Crippen molar-refractivity contribution in [2.24, 2.45) is 5.92 Å². The number of aromatic nitrogens is 1. The van der Waals surface area contributed by atoms with Gasteiger partial charge in [-0.3, -0.25) is 0 Å². The summed E-state index contributed by atoms with van der Waals surface area (Å²) in [5, 5.41) is 3.42. The Morgan fingerprint density at radius 2 is 2.19 bits per heavy atom. The maximum absolute atomic E-state index is 3.42. The van der Waals surface area contributed by atoms with Crippen molar-refractivity contribution >= 4 is 0 Å². The van der Waals surface area contributed by atoms with Crippen LogP contribution in [0, 0.1) is 5.92 Å². The molecule has 1 saturated heterocycles. The first-order valence-corrected chi connectivity index (χ1v) is 6.36. The maximum Gasteiger partial charge on any atom is 0.0382 e. The van der Waals surface area contributed by atoms with Gasteiger partial charge in [-0.05, 0) is 64.0 Å². The highest BCUT2D eigenvalue weighted by Crippen LogP contribution is 2.16. The second-order valence-corrected chi connectivity index (χ2v) is 4.92. The van der Waals surface area contributed by atoms with Crippen molar-refractivity contribution in [1.29, 1.82) is 0 Å². The number of H-pyrrole nitrogens is 1. The summed E-state index contributed by atoms with van der Waals surface area (Å²) in [6.45, 7) is 4.68. The van der Waals surface area contributed by atoms with Crippen LogP contribution in [-0.2, 0) is 6.54 Å². The zero-order valence-electron chi connectivity index (χ0n) is 10.2. The monoisotopic (exact) mass is 221 g/mol. The zero-order valence-corrected chi connectivity index (χ0v) is 10.2. The lowest BCUT2D eigenvalue weighted by Crippen LogP contribution is -2.30. The number of nitrogens with zero attached hydrogens (tertiary/aromatic N) is 1. The quantitative estimate of drug-likeness (QED) is 0.795. The third kappa shape index (κ3) is 3.65. The fourth-order valence-corrected chi connectivity index (χ4v) is 2.41. The van der Waals surface area contributed by atoms with Gasteiger partial charge in [0.25, 0.3) is 0 Å². The predicted octanol–water partition coefficient (Wildman–Crippen LogP) is 1.84. The minimum absolute atomic E-state index is 0.937. The molecule has 0 bridgehead atoms. The lowest BCUT2D eigenvalue weighted by molar-refractivity contribution is 0.264. The van der Waals surface area contributed by atoms with Crippen LogP contribution in [0.4, 0.5) is 0 Å². The average molecular weight is 221 g/mol. The van der Waals surface area contributed by atoms with Crippen LogP contribution in [0.15, 0.2) is 18.3 Å². The van der Waals surface area contributed by atoms with Crippen molar-refractivity contribution < 1.29 is 0 Å². The lowest BCUT2D eigenvalue weighted by atomic mass is 9.94. The van der Waals surface area contributed by atoms with Crippen LogP contribution in [0.1, 0.15) is 25.0 Å². The summed E-state index contributed by atoms with van der Waals surface area (Å²) in [6.07, 6.45) is 6.06. The van der Waals surface area contributed by atoms with Crippen LogP contribution < -0.4 is 5.32 Å². The van der Waals surface area contributed by atoms with Crippen LogP contribution in [0.3, 0.4) is 0 Å². The molecule has 16 heavy (non-hydrogen) atoms. The van der Waals surface area contributed by atoms with E-state index in [0.717, 1.165) is 12.5 Å². The molecule has 0 aliphatic carbocycles. The van der Waals surface area contributed by atoms with E-state index in [4.69, 9.17) is 0 Å². The minimum atomic E-state index is 0.937. The molecule has 1 aromatic rings. The van der Waals surface area contributed by atoms with Crippen LogP contribution in [0.25, 0.3) is 0 Å². The number of hydrogen-bond donors (Lipinski definition) is 2. The molecule has 1 aliphatic rings. The molecule has 0 spiro atoms. The van der Waals surface area contributed by atoms with Crippen molar-refractivity contribution in [1.82, 2.24) is 15.2 Å². The molecule has 2 N–H and O–H groups in total. The Morgan fingerprint density at radius 3 is 2.88 bits per heavy atom. The predicted molar refractivity (Wildman–Crippen MR) is 67.3 cm³/mol. The Bertz CT molecular complexity index is 275. The van der Waals surface area contributed by atoms with E-state index in [2.05, 4.69) is 34.4 Å². The molecule has 3 heteroatoms. The fourth-order valence-electron chi connectivity index (χ4n) is 2.41. The van der Waals surface area contributed by atoms with E-state index in [1.54, 1.807) is 0 Å². The van der Waals surface area contributed by atoms with Gasteiger partial charge in [-0.25, -0.2) is 0 Å². The summed E-state index contributed by atoms with van der Waals surface area (Å²) >= 11 is 0. The first-order valence-electron chi connectivity index (χ1n) is 6.36. The number of hydrogen-bond acceptors (Lipinski definition) is 2. The standard InChI is InChI=1S/C13H23N3/c1-16(11-13-3-2-7-15-13)10-6-12-4-8-14-9-5-12/h2-3,7,12,14-15H,4-6,8-11H2,1H3. The maximum atomic E-state index is 3.42. The van der Waals surface area contributed by atoms with Gasteiger partial charge >= 0.3 is 0 Å². The van der Waals surface area contributed by atoms with Gasteiger partial charge in [0.2, 0.25) is 0 Å². The van der Waals surface area contributed by atoms with Crippen molar-refractivity contribution in [3.05, 3.63) is 24.0 Å². The second-order valence-electron chi connectivity index (χ2n) is 4.92. The Hall–Kier alpha value is -0.800. The summed E-state index contributed by atoms with van der Waals surface area (Å²) in [4.78, 5) is 5.66. The van der Waals surface area contributed by atoms with Gasteiger partial charge in [0.05, 0.1) is 0 Å². The molecule has 0 radical (unpaired) electrons. The van der Waals surface area contributed by atoms with Crippen LogP contribution in [0.5, 0.6) is 0 Å². The van der Waals surface area contributed by atoms with E-state index in [0.29, 0.717) is 0 Å². The minimum Gasteiger partial charge on any atom is -0.364 e. The summed E-state index contributed by atoms with van der Waals surface area (Å²) in [6, 6.07) is 4.22. The molecule has 1 fully saturated rings. The molecular formula is C13H23N3. The number of aromatic amines is 1. The van der Waals surface area contributed by atoms with Gasteiger partial charge in [0.1, 0.15) is 0 Å². The molecule has 2 heterocycles. The van der Waals surface area contributed by atoms with Gasteiger partial charge in [0, 0.05) is 18.4 Å². The molecule has 2 rings (SSSR count). The zero-order chi connectivity index (χ0) is 11.2. The van der Waals surface area contributed by atoms with Crippen LogP contribution in [0.2, 0.25) is 0 Å². The van der Waals surface area contributed by atoms with Gasteiger partial charge < -0.3 is 15.2 Å². The van der Waals surface area contributed by atoms with Crippen LogP contribution >= 0.6 is 0 Å². The van der Waals surface area contributed by atoms with E-state index < -0.39 is 0 Å². The first kappa shape index (κ1) is 11.7. The molecule has 90 valence electrons. The molecular weight excluding hydrogens is 198 g/mol. The highest BCUT2D eigenvalue weighted by Gasteiger charge is 2.13. The van der Waals surface area contributed by atoms with Crippen molar-refractivity contribution in [3.63, 3.8) is 0 Å². The van der Waals surface area contributed by atoms with E-state index in [-0.39, 0.29) is 0 Å². The Kier molecular flexibility index (Phi) is 4.43. The smallest absolute Gasteiger partial charge is 0.0382 e. The lowest BCUT2D eigenvalue weighted by Gasteiger charge is -2.25. The third-order valence-electron chi connectivity index (χ3n) is 3.48. The summed E-state index contributed by atoms with van der Waals surface area (Å²) in [5.41, 5.74) is 1.31. The van der Waals surface area contributed by atoms with Crippen LogP contribution in [-0.4, -0.2) is 36.6 Å². The fraction of sp³-hybridized carbons (Fsp3) is 0.692. The van der Waals surface area contributed by atoms with Crippen molar-refractivity contribution in [3.8, 4) is 0 Å². The van der Waals surface area contributed by atoms with E-state index in [9.17, 15) is 0 Å². The second kappa shape index (κ2) is 6.06. The molecule has 1 aromatic heterocycles. The normalized spacial score (nSPS) is 18.1. The topological polar surface area (TPSA) is 31.1 Å². The molecule has 0 aromatic carbocycles. The summed E-state index contributed by atoms with van der Waals surface area (Å²) in [5.74, 6) is 0.937. The van der Waals surface area contributed by atoms with Gasteiger partial charge in [0.15, 0.2) is 0 Å². The first-order chi connectivity index (χ1) is 7.84. The Labute approximate surface area is 98.2 Å². The van der Waals surface area contributed by atoms with Gasteiger partial charge in [-0.15, -0.1) is 0 Å². The Balaban J connectivity index is 1.65. The molecule has 3 nitrogen and oxygen atoms in total. The van der Waals surface area contributed by atoms with Crippen molar-refractivity contribution in [2.75, 3.05) is 26.7 Å². The van der Waals surface area contributed by atoms with Crippen molar-refractivity contribution in [2.45, 2.75) is 25.8 Å². The SMILES string of the molecule is CN(CCC1CCNCC1)Cc1ccc[nH]1. The van der Waals surface area contributed by atoms with Gasteiger partial charge in [-0.2, -0.15) is 0 Å². The summed E-state index contributed by atoms with van der Waals surface area (Å²) < 4.78 is 0. The number of nitrogens with one attached hydrogen (secondary N) is 2. The van der Waals surface area contributed by atoms with E-state index in [1.807, 2.05) is 6.20 Å². The molecule has 1 aliphatic heterocycles. The average Bonchev–Trinajstić information content (AvgIpc) is 2.81. The van der Waals surface area contributed by atoms with Gasteiger partial charge in [-0.1, -0.05) is 0 Å². The largest absolute Gasteiger partial charge is 0.364 e. The Morgan fingerprint density at radius 1 is 1.38 bits per heavy atom. The molecule has 0 unspecified atom stereocenters. The highest BCUT2D eigenvalue weighted by atomic mass is 15.1. The molecule has 0 amide bonds.